The lowest BCUT2D eigenvalue weighted by Crippen LogP contribution is -2.31. The lowest BCUT2D eigenvalue weighted by molar-refractivity contribution is 0.565. The molecule has 0 spiro atoms. The van der Waals surface area contributed by atoms with Crippen LogP contribution in [0.4, 0.5) is 0 Å². The predicted octanol–water partition coefficient (Wildman–Crippen LogP) is 1.50. The fourth-order valence-electron chi connectivity index (χ4n) is 1.01. The minimum absolute atomic E-state index is 0.293. The SMILES string of the molecule is CCCCCCNC[C@H](C)N. The average Bonchev–Trinajstić information content (AvgIpc) is 1.96. The summed E-state index contributed by atoms with van der Waals surface area (Å²) in [5.41, 5.74) is 5.57. The van der Waals surface area contributed by atoms with E-state index in [1.165, 1.54) is 25.7 Å². The van der Waals surface area contributed by atoms with Crippen LogP contribution in [0.15, 0.2) is 0 Å². The second kappa shape index (κ2) is 8.02. The Hall–Kier alpha value is -0.0800. The van der Waals surface area contributed by atoms with Crippen LogP contribution >= 0.6 is 0 Å². The molecule has 3 N–H and O–H groups in total. The van der Waals surface area contributed by atoms with Crippen molar-refractivity contribution in [3.63, 3.8) is 0 Å². The van der Waals surface area contributed by atoms with E-state index in [2.05, 4.69) is 12.2 Å². The van der Waals surface area contributed by atoms with Gasteiger partial charge in [-0.15, -0.1) is 0 Å². The second-order valence-electron chi connectivity index (χ2n) is 3.24. The second-order valence-corrected chi connectivity index (χ2v) is 3.24. The zero-order valence-corrected chi connectivity index (χ0v) is 7.90. The molecule has 2 heteroatoms. The van der Waals surface area contributed by atoms with Crippen molar-refractivity contribution in [2.24, 2.45) is 5.73 Å². The molecule has 0 aliphatic carbocycles. The van der Waals surface area contributed by atoms with Gasteiger partial charge in [0.05, 0.1) is 0 Å². The Morgan fingerprint density at radius 3 is 2.55 bits per heavy atom. The first kappa shape index (κ1) is 10.9. The van der Waals surface area contributed by atoms with E-state index in [0.717, 1.165) is 13.1 Å². The molecule has 0 rings (SSSR count). The average molecular weight is 158 g/mol. The Bertz CT molecular complexity index is 72.0. The summed E-state index contributed by atoms with van der Waals surface area (Å²) in [6.07, 6.45) is 5.32. The van der Waals surface area contributed by atoms with Crippen LogP contribution in [0.25, 0.3) is 0 Å². The molecule has 0 amide bonds. The summed E-state index contributed by atoms with van der Waals surface area (Å²) in [5, 5.41) is 3.32. The molecule has 1 atom stereocenters. The first-order valence-corrected chi connectivity index (χ1v) is 4.73. The molecule has 2 nitrogen and oxygen atoms in total. The van der Waals surface area contributed by atoms with Gasteiger partial charge < -0.3 is 11.1 Å². The normalized spacial score (nSPS) is 13.4. The zero-order valence-electron chi connectivity index (χ0n) is 7.90. The van der Waals surface area contributed by atoms with Crippen LogP contribution in [0.3, 0.4) is 0 Å². The van der Waals surface area contributed by atoms with Crippen molar-refractivity contribution in [2.45, 2.75) is 45.6 Å². The maximum Gasteiger partial charge on any atom is 0.0136 e. The third-order valence-corrected chi connectivity index (χ3v) is 1.67. The fourth-order valence-corrected chi connectivity index (χ4v) is 1.01. The molecule has 0 saturated carbocycles. The van der Waals surface area contributed by atoms with E-state index in [1.54, 1.807) is 0 Å². The largest absolute Gasteiger partial charge is 0.327 e. The molecular formula is C9H22N2. The summed E-state index contributed by atoms with van der Waals surface area (Å²) in [7, 11) is 0. The van der Waals surface area contributed by atoms with Crippen molar-refractivity contribution < 1.29 is 0 Å². The minimum Gasteiger partial charge on any atom is -0.327 e. The number of unbranched alkanes of at least 4 members (excludes halogenated alkanes) is 3. The Balaban J connectivity index is 2.80. The molecule has 0 aromatic heterocycles. The topological polar surface area (TPSA) is 38.0 Å². The smallest absolute Gasteiger partial charge is 0.0136 e. The number of nitrogens with one attached hydrogen (secondary N) is 1. The summed E-state index contributed by atoms with van der Waals surface area (Å²) >= 11 is 0. The lowest BCUT2D eigenvalue weighted by atomic mass is 10.2. The Labute approximate surface area is 70.5 Å². The van der Waals surface area contributed by atoms with Crippen molar-refractivity contribution in [1.82, 2.24) is 5.32 Å². The van der Waals surface area contributed by atoms with Crippen molar-refractivity contribution in [3.05, 3.63) is 0 Å². The van der Waals surface area contributed by atoms with Gasteiger partial charge in [-0.2, -0.15) is 0 Å². The third kappa shape index (κ3) is 9.92. The van der Waals surface area contributed by atoms with Gasteiger partial charge in [0.15, 0.2) is 0 Å². The summed E-state index contributed by atoms with van der Waals surface area (Å²) < 4.78 is 0. The third-order valence-electron chi connectivity index (χ3n) is 1.67. The van der Waals surface area contributed by atoms with Crippen molar-refractivity contribution in [2.75, 3.05) is 13.1 Å². The van der Waals surface area contributed by atoms with E-state index in [9.17, 15) is 0 Å². The van der Waals surface area contributed by atoms with E-state index in [0.29, 0.717) is 6.04 Å². The standard InChI is InChI=1S/C9H22N2/c1-3-4-5-6-7-11-8-9(2)10/h9,11H,3-8,10H2,1-2H3/t9-/m0/s1. The first-order chi connectivity index (χ1) is 5.27. The molecule has 0 radical (unpaired) electrons. The van der Waals surface area contributed by atoms with Crippen LogP contribution in [0.1, 0.15) is 39.5 Å². The summed E-state index contributed by atoms with van der Waals surface area (Å²) in [4.78, 5) is 0. The molecule has 68 valence electrons. The van der Waals surface area contributed by atoms with Gasteiger partial charge in [0.1, 0.15) is 0 Å². The molecule has 11 heavy (non-hydrogen) atoms. The van der Waals surface area contributed by atoms with Crippen molar-refractivity contribution in [3.8, 4) is 0 Å². The monoisotopic (exact) mass is 158 g/mol. The van der Waals surface area contributed by atoms with E-state index < -0.39 is 0 Å². The Kier molecular flexibility index (Phi) is 7.96. The summed E-state index contributed by atoms with van der Waals surface area (Å²) in [5.74, 6) is 0. The Morgan fingerprint density at radius 1 is 1.27 bits per heavy atom. The highest BCUT2D eigenvalue weighted by Crippen LogP contribution is 1.96. The van der Waals surface area contributed by atoms with Gasteiger partial charge in [-0.1, -0.05) is 26.2 Å². The van der Waals surface area contributed by atoms with Crippen LogP contribution in [0, 0.1) is 0 Å². The van der Waals surface area contributed by atoms with Gasteiger partial charge in [0.25, 0.3) is 0 Å². The van der Waals surface area contributed by atoms with E-state index in [-0.39, 0.29) is 0 Å². The molecule has 0 unspecified atom stereocenters. The number of nitrogens with two attached hydrogens (primary N) is 1. The number of hydrogen-bond donors (Lipinski definition) is 2. The van der Waals surface area contributed by atoms with Crippen LogP contribution < -0.4 is 11.1 Å². The molecule has 0 aromatic rings. The van der Waals surface area contributed by atoms with Gasteiger partial charge in [-0.25, -0.2) is 0 Å². The van der Waals surface area contributed by atoms with Gasteiger partial charge in [-0.05, 0) is 19.9 Å². The van der Waals surface area contributed by atoms with Crippen LogP contribution in [-0.4, -0.2) is 19.1 Å². The highest BCUT2D eigenvalue weighted by atomic mass is 14.9. The van der Waals surface area contributed by atoms with Gasteiger partial charge >= 0.3 is 0 Å². The van der Waals surface area contributed by atoms with Gasteiger partial charge in [0.2, 0.25) is 0 Å². The first-order valence-electron chi connectivity index (χ1n) is 4.73. The fraction of sp³-hybridized carbons (Fsp3) is 1.00. The van der Waals surface area contributed by atoms with E-state index in [4.69, 9.17) is 5.73 Å². The molecule has 0 aromatic carbocycles. The number of rotatable bonds is 7. The summed E-state index contributed by atoms with van der Waals surface area (Å²) in [6.45, 7) is 6.34. The summed E-state index contributed by atoms with van der Waals surface area (Å²) in [6, 6.07) is 0.293. The van der Waals surface area contributed by atoms with Crippen LogP contribution in [-0.2, 0) is 0 Å². The lowest BCUT2D eigenvalue weighted by Gasteiger charge is -2.06. The van der Waals surface area contributed by atoms with E-state index in [1.807, 2.05) is 6.92 Å². The molecule has 0 aliphatic heterocycles. The van der Waals surface area contributed by atoms with Crippen molar-refractivity contribution in [1.29, 1.82) is 0 Å². The van der Waals surface area contributed by atoms with Crippen molar-refractivity contribution >= 4 is 0 Å². The molecule has 0 fully saturated rings. The maximum absolute atomic E-state index is 5.57. The highest BCUT2D eigenvalue weighted by Gasteiger charge is 1.91. The minimum atomic E-state index is 0.293. The maximum atomic E-state index is 5.57. The molecule has 0 bridgehead atoms. The highest BCUT2D eigenvalue weighted by molar-refractivity contribution is 4.56. The molecule has 0 aliphatic rings. The van der Waals surface area contributed by atoms with Crippen LogP contribution in [0.5, 0.6) is 0 Å². The van der Waals surface area contributed by atoms with Gasteiger partial charge in [0, 0.05) is 12.6 Å². The predicted molar refractivity (Wildman–Crippen MR) is 50.7 cm³/mol. The molecule has 0 saturated heterocycles. The zero-order chi connectivity index (χ0) is 8.53. The Morgan fingerprint density at radius 2 is 2.00 bits per heavy atom. The molecular weight excluding hydrogens is 136 g/mol. The quantitative estimate of drug-likeness (QED) is 0.551. The van der Waals surface area contributed by atoms with E-state index >= 15 is 0 Å². The molecule has 0 heterocycles. The number of hydrogen-bond acceptors (Lipinski definition) is 2. The van der Waals surface area contributed by atoms with Gasteiger partial charge in [-0.3, -0.25) is 0 Å². The van der Waals surface area contributed by atoms with Crippen LogP contribution in [0.2, 0.25) is 0 Å².